The van der Waals surface area contributed by atoms with Crippen molar-refractivity contribution in [2.75, 3.05) is 5.32 Å². The van der Waals surface area contributed by atoms with E-state index in [1.807, 2.05) is 34.6 Å². The summed E-state index contributed by atoms with van der Waals surface area (Å²) in [4.78, 5) is 11.4. The third-order valence-electron chi connectivity index (χ3n) is 1.99. The van der Waals surface area contributed by atoms with Gasteiger partial charge in [-0.15, -0.1) is 0 Å². The third kappa shape index (κ3) is 4.34. The van der Waals surface area contributed by atoms with Crippen molar-refractivity contribution in [1.29, 1.82) is 0 Å². The van der Waals surface area contributed by atoms with Gasteiger partial charge in [0.25, 0.3) is 0 Å². The Morgan fingerprint density at radius 2 is 1.88 bits per heavy atom. The Bertz CT molecular complexity index is 346. The van der Waals surface area contributed by atoms with Gasteiger partial charge in [0, 0.05) is 11.6 Å². The lowest BCUT2D eigenvalue weighted by Crippen LogP contribution is -2.18. The number of phenols is 1. The molecule has 0 bridgehead atoms. The number of carbonyl (C=O) groups excluding carboxylic acids is 1. The molecule has 0 aliphatic carbocycles. The Hall–Kier alpha value is -1.51. The van der Waals surface area contributed by atoms with E-state index in [4.69, 9.17) is 5.11 Å². The molecule has 0 spiro atoms. The molecule has 0 unspecified atom stereocenters. The van der Waals surface area contributed by atoms with E-state index in [2.05, 4.69) is 5.32 Å². The van der Waals surface area contributed by atoms with Gasteiger partial charge in [-0.1, -0.05) is 27.7 Å². The zero-order valence-electron chi connectivity index (χ0n) is 10.7. The van der Waals surface area contributed by atoms with Crippen LogP contribution in [0.3, 0.4) is 0 Å². The molecule has 3 heteroatoms. The van der Waals surface area contributed by atoms with Crippen LogP contribution in [0.15, 0.2) is 18.2 Å². The van der Waals surface area contributed by atoms with Crippen molar-refractivity contribution in [2.24, 2.45) is 5.92 Å². The fourth-order valence-electron chi connectivity index (χ4n) is 1.07. The molecule has 0 aliphatic rings. The van der Waals surface area contributed by atoms with Gasteiger partial charge in [-0.05, 0) is 30.7 Å². The number of rotatable bonds is 2. The summed E-state index contributed by atoms with van der Waals surface area (Å²) in [5.41, 5.74) is 1.61. The Balaban J connectivity index is 0.00000106. The van der Waals surface area contributed by atoms with Crippen molar-refractivity contribution in [3.8, 4) is 5.75 Å². The average Bonchev–Trinajstić information content (AvgIpc) is 2.25. The minimum atomic E-state index is -0.0387. The van der Waals surface area contributed by atoms with Crippen molar-refractivity contribution >= 4 is 11.6 Å². The molecular formula is C13H21NO2. The number of aromatic hydroxyl groups is 1. The Morgan fingerprint density at radius 1 is 1.31 bits per heavy atom. The molecule has 0 atom stereocenters. The van der Waals surface area contributed by atoms with E-state index in [9.17, 15) is 4.79 Å². The first-order chi connectivity index (χ1) is 7.50. The van der Waals surface area contributed by atoms with Crippen LogP contribution < -0.4 is 5.32 Å². The Kier molecular flexibility index (Phi) is 6.23. The first-order valence-corrected chi connectivity index (χ1v) is 5.61. The molecule has 0 radical (unpaired) electrons. The van der Waals surface area contributed by atoms with Crippen molar-refractivity contribution in [1.82, 2.24) is 0 Å². The molecule has 1 aromatic rings. The van der Waals surface area contributed by atoms with Crippen molar-refractivity contribution in [3.63, 3.8) is 0 Å². The maximum absolute atomic E-state index is 11.4. The number of hydrogen-bond acceptors (Lipinski definition) is 2. The highest BCUT2D eigenvalue weighted by atomic mass is 16.3. The second-order valence-electron chi connectivity index (χ2n) is 3.64. The number of amides is 1. The molecule has 1 amide bonds. The molecule has 2 N–H and O–H groups in total. The van der Waals surface area contributed by atoms with Gasteiger partial charge in [0.1, 0.15) is 5.75 Å². The van der Waals surface area contributed by atoms with Crippen molar-refractivity contribution in [3.05, 3.63) is 23.8 Å². The zero-order chi connectivity index (χ0) is 12.7. The largest absolute Gasteiger partial charge is 0.508 e. The number of aryl methyl sites for hydroxylation is 1. The van der Waals surface area contributed by atoms with Crippen LogP contribution in [-0.4, -0.2) is 11.0 Å². The van der Waals surface area contributed by atoms with Gasteiger partial charge >= 0.3 is 0 Å². The lowest BCUT2D eigenvalue weighted by Gasteiger charge is -2.10. The molecule has 0 saturated heterocycles. The predicted molar refractivity (Wildman–Crippen MR) is 67.7 cm³/mol. The summed E-state index contributed by atoms with van der Waals surface area (Å²) >= 11 is 0. The smallest absolute Gasteiger partial charge is 0.226 e. The molecule has 3 nitrogen and oxygen atoms in total. The number of benzene rings is 1. The lowest BCUT2D eigenvalue weighted by molar-refractivity contribution is -0.118. The van der Waals surface area contributed by atoms with Crippen LogP contribution in [0.4, 0.5) is 5.69 Å². The lowest BCUT2D eigenvalue weighted by atomic mass is 10.1. The van der Waals surface area contributed by atoms with Crippen molar-refractivity contribution in [2.45, 2.75) is 34.6 Å². The second kappa shape index (κ2) is 6.88. The van der Waals surface area contributed by atoms with Crippen LogP contribution in [0.2, 0.25) is 0 Å². The topological polar surface area (TPSA) is 49.3 Å². The van der Waals surface area contributed by atoms with Crippen LogP contribution in [0, 0.1) is 12.8 Å². The quantitative estimate of drug-likeness (QED) is 0.756. The molecule has 0 fully saturated rings. The van der Waals surface area contributed by atoms with Crippen molar-refractivity contribution < 1.29 is 9.90 Å². The maximum Gasteiger partial charge on any atom is 0.226 e. The second-order valence-corrected chi connectivity index (χ2v) is 3.64. The summed E-state index contributed by atoms with van der Waals surface area (Å²) in [5.74, 6) is 0.159. The van der Waals surface area contributed by atoms with Gasteiger partial charge in [-0.2, -0.15) is 0 Å². The summed E-state index contributed by atoms with van der Waals surface area (Å²) < 4.78 is 0. The van der Waals surface area contributed by atoms with E-state index < -0.39 is 0 Å². The van der Waals surface area contributed by atoms with Crippen LogP contribution in [0.1, 0.15) is 33.3 Å². The predicted octanol–water partition coefficient (Wildman–Crippen LogP) is 3.32. The van der Waals surface area contributed by atoms with E-state index in [0.717, 1.165) is 11.3 Å². The minimum absolute atomic E-state index is 0.0150. The first kappa shape index (κ1) is 14.5. The fourth-order valence-corrected chi connectivity index (χ4v) is 1.07. The van der Waals surface area contributed by atoms with Gasteiger partial charge < -0.3 is 10.4 Å². The van der Waals surface area contributed by atoms with Crippen LogP contribution in [0.25, 0.3) is 0 Å². The van der Waals surface area contributed by atoms with Gasteiger partial charge in [-0.3, -0.25) is 4.79 Å². The molecule has 0 aliphatic heterocycles. The van der Waals surface area contributed by atoms with Crippen LogP contribution in [0.5, 0.6) is 5.75 Å². The Labute approximate surface area is 97.5 Å². The highest BCUT2D eigenvalue weighted by Gasteiger charge is 2.08. The van der Waals surface area contributed by atoms with Gasteiger partial charge in [0.15, 0.2) is 0 Å². The normalized spacial score (nSPS) is 9.38. The number of anilines is 1. The van der Waals surface area contributed by atoms with Gasteiger partial charge in [0.2, 0.25) is 5.91 Å². The van der Waals surface area contributed by atoms with Gasteiger partial charge in [0.05, 0.1) is 0 Å². The van der Waals surface area contributed by atoms with Crippen LogP contribution in [-0.2, 0) is 4.79 Å². The molecule has 0 aromatic heterocycles. The minimum Gasteiger partial charge on any atom is -0.508 e. The van der Waals surface area contributed by atoms with E-state index in [0.29, 0.717) is 0 Å². The third-order valence-corrected chi connectivity index (χ3v) is 1.99. The number of carbonyl (C=O) groups is 1. The van der Waals surface area contributed by atoms with E-state index in [-0.39, 0.29) is 17.6 Å². The molecule has 90 valence electrons. The highest BCUT2D eigenvalue weighted by Crippen LogP contribution is 2.20. The number of phenolic OH excluding ortho intramolecular Hbond substituents is 1. The SMILES string of the molecule is CC.Cc1cc(O)ccc1NC(=O)C(C)C. The molecule has 0 heterocycles. The highest BCUT2D eigenvalue weighted by molar-refractivity contribution is 5.92. The summed E-state index contributed by atoms with van der Waals surface area (Å²) in [6, 6.07) is 4.88. The molecule has 1 rings (SSSR count). The number of nitrogens with one attached hydrogen (secondary N) is 1. The zero-order valence-corrected chi connectivity index (χ0v) is 10.7. The summed E-state index contributed by atoms with van der Waals surface area (Å²) in [6.45, 7) is 9.52. The standard InChI is InChI=1S/C11H15NO2.C2H6/c1-7(2)11(14)12-10-5-4-9(13)6-8(10)3;1-2/h4-7,13H,1-3H3,(H,12,14);1-2H3. The number of hydrogen-bond donors (Lipinski definition) is 2. The Morgan fingerprint density at radius 3 is 2.31 bits per heavy atom. The summed E-state index contributed by atoms with van der Waals surface area (Å²) in [6.07, 6.45) is 0. The molecule has 0 saturated carbocycles. The van der Waals surface area contributed by atoms with E-state index >= 15 is 0 Å². The molecular weight excluding hydrogens is 202 g/mol. The van der Waals surface area contributed by atoms with Crippen LogP contribution >= 0.6 is 0 Å². The molecule has 16 heavy (non-hydrogen) atoms. The summed E-state index contributed by atoms with van der Waals surface area (Å²) in [5, 5.41) is 12.0. The van der Waals surface area contributed by atoms with E-state index in [1.165, 1.54) is 0 Å². The monoisotopic (exact) mass is 223 g/mol. The maximum atomic E-state index is 11.4. The average molecular weight is 223 g/mol. The van der Waals surface area contributed by atoms with E-state index in [1.54, 1.807) is 18.2 Å². The fraction of sp³-hybridized carbons (Fsp3) is 0.462. The summed E-state index contributed by atoms with van der Waals surface area (Å²) in [7, 11) is 0. The van der Waals surface area contributed by atoms with Gasteiger partial charge in [-0.25, -0.2) is 0 Å². The molecule has 1 aromatic carbocycles. The first-order valence-electron chi connectivity index (χ1n) is 5.61.